The summed E-state index contributed by atoms with van der Waals surface area (Å²) in [5, 5.41) is 0. The van der Waals surface area contributed by atoms with Crippen LogP contribution >= 0.6 is 0 Å². The van der Waals surface area contributed by atoms with Crippen molar-refractivity contribution in [2.75, 3.05) is 0 Å². The molecule has 132 valence electrons. The number of hydrogen-bond donors (Lipinski definition) is 0. The maximum atomic E-state index is 5.24. The van der Waals surface area contributed by atoms with E-state index in [-0.39, 0.29) is 0 Å². The predicted octanol–water partition coefficient (Wildman–Crippen LogP) is 7.28. The molecular formula is C22H33NO. The summed E-state index contributed by atoms with van der Waals surface area (Å²) >= 11 is 0. The van der Waals surface area contributed by atoms with Crippen LogP contribution in [0, 0.1) is 0 Å². The number of allylic oxidation sites excluding steroid dienone is 7. The Hall–Kier alpha value is -1.83. The summed E-state index contributed by atoms with van der Waals surface area (Å²) < 4.78 is 5.24. The molecule has 1 aromatic heterocycles. The maximum Gasteiger partial charge on any atom is 0.181 e. The molecule has 2 heteroatoms. The molecule has 0 atom stereocenters. The van der Waals surface area contributed by atoms with E-state index >= 15 is 0 Å². The number of hydrogen-bond acceptors (Lipinski definition) is 2. The molecule has 0 aromatic carbocycles. The number of aromatic nitrogens is 1. The van der Waals surface area contributed by atoms with Crippen molar-refractivity contribution in [3.8, 4) is 0 Å². The summed E-state index contributed by atoms with van der Waals surface area (Å²) in [7, 11) is 0. The molecule has 0 spiro atoms. The lowest BCUT2D eigenvalue weighted by atomic mass is 10.0. The van der Waals surface area contributed by atoms with Crippen LogP contribution in [-0.4, -0.2) is 4.98 Å². The van der Waals surface area contributed by atoms with E-state index in [1.165, 1.54) is 35.1 Å². The van der Waals surface area contributed by atoms with Crippen molar-refractivity contribution < 1.29 is 4.42 Å². The third-order valence-electron chi connectivity index (χ3n) is 3.99. The minimum Gasteiger partial charge on any atom is -0.444 e. The highest BCUT2D eigenvalue weighted by molar-refractivity contribution is 5.45. The quantitative estimate of drug-likeness (QED) is 0.422. The van der Waals surface area contributed by atoms with Crippen LogP contribution < -0.4 is 0 Å². The van der Waals surface area contributed by atoms with Gasteiger partial charge in [-0.25, -0.2) is 4.98 Å². The van der Waals surface area contributed by atoms with Crippen molar-refractivity contribution in [1.82, 2.24) is 4.98 Å². The SMILES string of the molecule is CC(C)=CCC/C(C)=C/CC/C(C)=C/CC/C(C)=C/c1cnco1. The Balaban J connectivity index is 2.25. The first-order valence-corrected chi connectivity index (χ1v) is 8.97. The molecule has 0 saturated heterocycles. The molecule has 0 amide bonds. The van der Waals surface area contributed by atoms with E-state index < -0.39 is 0 Å². The van der Waals surface area contributed by atoms with E-state index in [2.05, 4.69) is 63.9 Å². The zero-order chi connectivity index (χ0) is 17.8. The molecule has 1 heterocycles. The van der Waals surface area contributed by atoms with Crippen molar-refractivity contribution >= 4 is 6.08 Å². The third kappa shape index (κ3) is 10.0. The zero-order valence-corrected chi connectivity index (χ0v) is 16.1. The number of rotatable bonds is 10. The van der Waals surface area contributed by atoms with Crippen LogP contribution in [0.1, 0.15) is 78.9 Å². The molecule has 1 rings (SSSR count). The smallest absolute Gasteiger partial charge is 0.181 e. The van der Waals surface area contributed by atoms with Gasteiger partial charge < -0.3 is 4.42 Å². The molecule has 0 N–H and O–H groups in total. The summed E-state index contributed by atoms with van der Waals surface area (Å²) in [6.45, 7) is 11.0. The van der Waals surface area contributed by atoms with Crippen LogP contribution in [0.3, 0.4) is 0 Å². The van der Waals surface area contributed by atoms with E-state index in [1.807, 2.05) is 0 Å². The Kier molecular flexibility index (Phi) is 9.83. The van der Waals surface area contributed by atoms with Gasteiger partial charge in [0.1, 0.15) is 5.76 Å². The van der Waals surface area contributed by atoms with E-state index in [1.54, 1.807) is 6.20 Å². The van der Waals surface area contributed by atoms with Gasteiger partial charge >= 0.3 is 0 Å². The molecule has 1 aromatic rings. The molecule has 0 aliphatic heterocycles. The van der Waals surface area contributed by atoms with Gasteiger partial charge in [0.25, 0.3) is 0 Å². The molecule has 24 heavy (non-hydrogen) atoms. The van der Waals surface area contributed by atoms with E-state index in [4.69, 9.17) is 4.42 Å². The molecule has 2 nitrogen and oxygen atoms in total. The fourth-order valence-corrected chi connectivity index (χ4v) is 2.50. The second-order valence-corrected chi connectivity index (χ2v) is 6.89. The van der Waals surface area contributed by atoms with Crippen molar-refractivity contribution in [3.63, 3.8) is 0 Å². The topological polar surface area (TPSA) is 26.0 Å². The zero-order valence-electron chi connectivity index (χ0n) is 16.1. The van der Waals surface area contributed by atoms with Gasteiger partial charge in [0.15, 0.2) is 6.39 Å². The summed E-state index contributed by atoms with van der Waals surface area (Å²) in [5.74, 6) is 0.835. The Labute approximate surface area is 148 Å². The predicted molar refractivity (Wildman–Crippen MR) is 105 cm³/mol. The third-order valence-corrected chi connectivity index (χ3v) is 3.99. The average molecular weight is 328 g/mol. The van der Waals surface area contributed by atoms with Crippen LogP contribution in [0.2, 0.25) is 0 Å². The summed E-state index contributed by atoms with van der Waals surface area (Å²) in [6, 6.07) is 0. The van der Waals surface area contributed by atoms with Gasteiger partial charge in [0.05, 0.1) is 6.20 Å². The Morgan fingerprint density at radius 1 is 0.833 bits per heavy atom. The van der Waals surface area contributed by atoms with Crippen LogP contribution in [0.15, 0.2) is 57.5 Å². The van der Waals surface area contributed by atoms with Crippen LogP contribution in [0.4, 0.5) is 0 Å². The molecule has 0 bridgehead atoms. The van der Waals surface area contributed by atoms with Crippen LogP contribution in [0.25, 0.3) is 6.08 Å². The summed E-state index contributed by atoms with van der Waals surface area (Å²) in [6.07, 6.45) is 19.2. The van der Waals surface area contributed by atoms with Gasteiger partial charge in [0.2, 0.25) is 0 Å². The second-order valence-electron chi connectivity index (χ2n) is 6.89. The minimum atomic E-state index is 0.835. The molecule has 0 aliphatic carbocycles. The van der Waals surface area contributed by atoms with Crippen molar-refractivity contribution in [2.45, 2.75) is 73.1 Å². The highest BCUT2D eigenvalue weighted by Gasteiger charge is 1.95. The monoisotopic (exact) mass is 327 g/mol. The molecular weight excluding hydrogens is 294 g/mol. The van der Waals surface area contributed by atoms with Crippen LogP contribution in [0.5, 0.6) is 0 Å². The Morgan fingerprint density at radius 2 is 1.38 bits per heavy atom. The fraction of sp³-hybridized carbons (Fsp3) is 0.500. The standard InChI is InChI=1S/C22H33NO/c1-18(2)9-6-10-19(3)11-7-12-20(4)13-8-14-21(5)15-22-16-23-17-24-22/h9,11,13,15-17H,6-8,10,12,14H2,1-5H3/b19-11+,20-13+,21-15+. The molecule has 0 aliphatic rings. The van der Waals surface area contributed by atoms with Crippen molar-refractivity contribution in [3.05, 3.63) is 58.9 Å². The van der Waals surface area contributed by atoms with Crippen molar-refractivity contribution in [1.29, 1.82) is 0 Å². The Bertz CT molecular complexity index is 581. The van der Waals surface area contributed by atoms with Gasteiger partial charge in [-0.05, 0) is 79.2 Å². The lowest BCUT2D eigenvalue weighted by molar-refractivity contribution is 0.547. The lowest BCUT2D eigenvalue weighted by Gasteiger charge is -2.02. The van der Waals surface area contributed by atoms with Gasteiger partial charge in [-0.3, -0.25) is 0 Å². The van der Waals surface area contributed by atoms with Gasteiger partial charge in [-0.1, -0.05) is 40.5 Å². The Morgan fingerprint density at radius 3 is 1.88 bits per heavy atom. The number of oxazole rings is 1. The van der Waals surface area contributed by atoms with Gasteiger partial charge in [-0.15, -0.1) is 0 Å². The van der Waals surface area contributed by atoms with Crippen molar-refractivity contribution in [2.24, 2.45) is 0 Å². The first-order chi connectivity index (χ1) is 11.5. The first kappa shape index (κ1) is 20.2. The van der Waals surface area contributed by atoms with E-state index in [9.17, 15) is 0 Å². The first-order valence-electron chi connectivity index (χ1n) is 8.97. The molecule has 0 fully saturated rings. The van der Waals surface area contributed by atoms with Gasteiger partial charge in [-0.2, -0.15) is 0 Å². The summed E-state index contributed by atoms with van der Waals surface area (Å²) in [4.78, 5) is 3.93. The normalized spacial score (nSPS) is 13.3. The number of nitrogens with zero attached hydrogens (tertiary/aromatic N) is 1. The van der Waals surface area contributed by atoms with Crippen LogP contribution in [-0.2, 0) is 0 Å². The lowest BCUT2D eigenvalue weighted by Crippen LogP contribution is -1.82. The molecule has 0 unspecified atom stereocenters. The van der Waals surface area contributed by atoms with Gasteiger partial charge in [0, 0.05) is 0 Å². The minimum absolute atomic E-state index is 0.835. The van der Waals surface area contributed by atoms with E-state index in [0.29, 0.717) is 0 Å². The molecule has 0 saturated carbocycles. The summed E-state index contributed by atoms with van der Waals surface area (Å²) in [5.41, 5.74) is 5.72. The molecule has 0 radical (unpaired) electrons. The largest absolute Gasteiger partial charge is 0.444 e. The second kappa shape index (κ2) is 11.7. The fourth-order valence-electron chi connectivity index (χ4n) is 2.50. The maximum absolute atomic E-state index is 5.24. The highest BCUT2D eigenvalue weighted by atomic mass is 16.3. The average Bonchev–Trinajstić information content (AvgIpc) is 2.99. The van der Waals surface area contributed by atoms with E-state index in [0.717, 1.165) is 37.9 Å². The highest BCUT2D eigenvalue weighted by Crippen LogP contribution is 2.15.